The summed E-state index contributed by atoms with van der Waals surface area (Å²) >= 11 is 0. The van der Waals surface area contributed by atoms with Crippen molar-refractivity contribution in [2.75, 3.05) is 6.61 Å². The van der Waals surface area contributed by atoms with Crippen LogP contribution in [0, 0.1) is 5.92 Å². The molecule has 0 spiro atoms. The molecule has 0 fully saturated rings. The van der Waals surface area contributed by atoms with Gasteiger partial charge in [0.25, 0.3) is 0 Å². The number of hydrogen-bond donors (Lipinski definition) is 1. The third-order valence-corrected chi connectivity index (χ3v) is 7.71. The summed E-state index contributed by atoms with van der Waals surface area (Å²) in [6, 6.07) is 6.77. The van der Waals surface area contributed by atoms with Crippen molar-refractivity contribution in [1.29, 1.82) is 0 Å². The molecule has 1 aromatic heterocycles. The summed E-state index contributed by atoms with van der Waals surface area (Å²) in [7, 11) is 0. The lowest BCUT2D eigenvalue weighted by Gasteiger charge is -2.42. The highest BCUT2D eigenvalue weighted by atomic mass is 16.5. The van der Waals surface area contributed by atoms with Gasteiger partial charge in [-0.15, -0.1) is 0 Å². The molecular weight excluding hydrogens is 400 g/mol. The topological polar surface area (TPSA) is 59.7 Å². The number of hydrogen-bond acceptors (Lipinski definition) is 3. The molecule has 0 bridgehead atoms. The molecule has 4 rings (SSSR count). The standard InChI is InChI=1S/C28H36O4/c1-6-12-31-26-16-24-21(17(2)13-18(3)28(24,4)5)15-23(26)20-8-7-9-25-22(20)14-19(32-25)10-11-27(29)30/h10-11,14-18,20H,6-9,12-13H2,1-5H3,(H,29,30)/b11-10+. The Bertz CT molecular complexity index is 1030. The molecule has 0 saturated heterocycles. The summed E-state index contributed by atoms with van der Waals surface area (Å²) in [4.78, 5) is 10.9. The molecule has 0 amide bonds. The molecule has 0 radical (unpaired) electrons. The van der Waals surface area contributed by atoms with Gasteiger partial charge in [-0.25, -0.2) is 4.79 Å². The zero-order valence-electron chi connectivity index (χ0n) is 20.0. The van der Waals surface area contributed by atoms with Gasteiger partial charge in [-0.1, -0.05) is 40.7 Å². The summed E-state index contributed by atoms with van der Waals surface area (Å²) in [5.74, 6) is 2.98. The van der Waals surface area contributed by atoms with Crippen LogP contribution in [0.1, 0.15) is 106 Å². The molecule has 1 aromatic carbocycles. The van der Waals surface area contributed by atoms with E-state index in [2.05, 4.69) is 46.8 Å². The monoisotopic (exact) mass is 436 g/mol. The largest absolute Gasteiger partial charge is 0.493 e. The predicted octanol–water partition coefficient (Wildman–Crippen LogP) is 7.06. The average Bonchev–Trinajstić information content (AvgIpc) is 3.18. The van der Waals surface area contributed by atoms with Gasteiger partial charge in [-0.2, -0.15) is 0 Å². The smallest absolute Gasteiger partial charge is 0.328 e. The number of aliphatic carboxylic acids is 1. The van der Waals surface area contributed by atoms with E-state index in [4.69, 9.17) is 14.3 Å². The Morgan fingerprint density at radius 2 is 2.00 bits per heavy atom. The molecule has 1 heterocycles. The molecule has 1 N–H and O–H groups in total. The van der Waals surface area contributed by atoms with Crippen molar-refractivity contribution in [1.82, 2.24) is 0 Å². The van der Waals surface area contributed by atoms with Crippen LogP contribution < -0.4 is 4.74 Å². The number of carboxylic acids is 1. The predicted molar refractivity (Wildman–Crippen MR) is 128 cm³/mol. The van der Waals surface area contributed by atoms with Crippen molar-refractivity contribution >= 4 is 12.0 Å². The van der Waals surface area contributed by atoms with Crippen LogP contribution in [0.15, 0.2) is 28.7 Å². The van der Waals surface area contributed by atoms with Gasteiger partial charge < -0.3 is 14.3 Å². The van der Waals surface area contributed by atoms with Gasteiger partial charge in [0.05, 0.1) is 6.61 Å². The summed E-state index contributed by atoms with van der Waals surface area (Å²) in [5.41, 5.74) is 5.43. The van der Waals surface area contributed by atoms with Crippen LogP contribution in [-0.2, 0) is 16.6 Å². The Hall–Kier alpha value is -2.49. The summed E-state index contributed by atoms with van der Waals surface area (Å²) in [5, 5.41) is 8.98. The summed E-state index contributed by atoms with van der Waals surface area (Å²) in [6.07, 6.45) is 7.84. The summed E-state index contributed by atoms with van der Waals surface area (Å²) < 4.78 is 12.4. The molecule has 4 heteroatoms. The number of furan rings is 1. The van der Waals surface area contributed by atoms with Gasteiger partial charge in [0.15, 0.2) is 0 Å². The van der Waals surface area contributed by atoms with E-state index < -0.39 is 5.97 Å². The second-order valence-electron chi connectivity index (χ2n) is 10.2. The third kappa shape index (κ3) is 4.12. The van der Waals surface area contributed by atoms with Crippen molar-refractivity contribution in [3.63, 3.8) is 0 Å². The van der Waals surface area contributed by atoms with E-state index in [0.29, 0.717) is 24.2 Å². The van der Waals surface area contributed by atoms with Crippen molar-refractivity contribution in [3.8, 4) is 5.75 Å². The normalized spacial score (nSPS) is 24.2. The second-order valence-corrected chi connectivity index (χ2v) is 10.2. The molecule has 2 aliphatic rings. The van der Waals surface area contributed by atoms with Crippen molar-refractivity contribution in [2.24, 2.45) is 5.92 Å². The SMILES string of the molecule is CCCOc1cc2c(cc1C1CCCc3oc(/C=C/C(=O)O)cc31)C(C)CC(C)C2(C)C. The maximum absolute atomic E-state index is 10.9. The second kappa shape index (κ2) is 8.80. The number of carbonyl (C=O) groups is 1. The lowest BCUT2D eigenvalue weighted by Crippen LogP contribution is -2.34. The number of benzene rings is 1. The number of ether oxygens (including phenoxy) is 1. The molecule has 2 aliphatic carbocycles. The van der Waals surface area contributed by atoms with Crippen molar-refractivity contribution in [2.45, 2.75) is 84.0 Å². The highest BCUT2D eigenvalue weighted by molar-refractivity contribution is 5.84. The number of rotatable bonds is 6. The molecule has 4 nitrogen and oxygen atoms in total. The van der Waals surface area contributed by atoms with Crippen molar-refractivity contribution < 1.29 is 19.1 Å². The van der Waals surface area contributed by atoms with Crippen LogP contribution in [0.4, 0.5) is 0 Å². The summed E-state index contributed by atoms with van der Waals surface area (Å²) in [6.45, 7) is 12.3. The van der Waals surface area contributed by atoms with Crippen LogP contribution in [0.5, 0.6) is 5.75 Å². The van der Waals surface area contributed by atoms with Gasteiger partial charge >= 0.3 is 5.97 Å². The molecule has 3 unspecified atom stereocenters. The zero-order chi connectivity index (χ0) is 23.0. The van der Waals surface area contributed by atoms with E-state index in [0.717, 1.165) is 43.3 Å². The van der Waals surface area contributed by atoms with E-state index in [1.165, 1.54) is 28.7 Å². The Labute approximate surface area is 191 Å². The minimum atomic E-state index is -0.966. The fraction of sp³-hybridized carbons (Fsp3) is 0.536. The van der Waals surface area contributed by atoms with Gasteiger partial charge in [0, 0.05) is 29.5 Å². The molecule has 32 heavy (non-hydrogen) atoms. The Morgan fingerprint density at radius 3 is 2.72 bits per heavy atom. The first-order chi connectivity index (χ1) is 15.2. The van der Waals surface area contributed by atoms with Crippen LogP contribution >= 0.6 is 0 Å². The molecule has 3 atom stereocenters. The lowest BCUT2D eigenvalue weighted by atomic mass is 9.62. The van der Waals surface area contributed by atoms with Crippen LogP contribution in [0.2, 0.25) is 0 Å². The zero-order valence-corrected chi connectivity index (χ0v) is 20.0. The number of aryl methyl sites for hydroxylation is 1. The molecule has 0 aliphatic heterocycles. The van der Waals surface area contributed by atoms with Crippen LogP contribution in [-0.4, -0.2) is 17.7 Å². The van der Waals surface area contributed by atoms with Gasteiger partial charge in [0.2, 0.25) is 0 Å². The maximum Gasteiger partial charge on any atom is 0.328 e. The van der Waals surface area contributed by atoms with E-state index in [9.17, 15) is 4.79 Å². The molecular formula is C28H36O4. The Morgan fingerprint density at radius 1 is 1.22 bits per heavy atom. The third-order valence-electron chi connectivity index (χ3n) is 7.71. The molecule has 0 saturated carbocycles. The number of fused-ring (bicyclic) bond motifs is 2. The first kappa shape index (κ1) is 22.7. The average molecular weight is 437 g/mol. The number of carboxylic acid groups (broad SMARTS) is 1. The first-order valence-electron chi connectivity index (χ1n) is 12.1. The van der Waals surface area contributed by atoms with E-state index in [1.807, 2.05) is 6.07 Å². The lowest BCUT2D eigenvalue weighted by molar-refractivity contribution is -0.131. The van der Waals surface area contributed by atoms with Crippen molar-refractivity contribution in [3.05, 3.63) is 58.0 Å². The van der Waals surface area contributed by atoms with Crippen LogP contribution in [0.3, 0.4) is 0 Å². The quantitative estimate of drug-likeness (QED) is 0.493. The minimum absolute atomic E-state index is 0.118. The Balaban J connectivity index is 1.82. The Kier molecular flexibility index (Phi) is 6.24. The highest BCUT2D eigenvalue weighted by Gasteiger charge is 2.39. The fourth-order valence-electron chi connectivity index (χ4n) is 5.54. The first-order valence-corrected chi connectivity index (χ1v) is 12.1. The van der Waals surface area contributed by atoms with Gasteiger partial charge in [-0.05, 0) is 72.3 Å². The van der Waals surface area contributed by atoms with E-state index in [-0.39, 0.29) is 11.3 Å². The van der Waals surface area contributed by atoms with Crippen LogP contribution in [0.25, 0.3) is 6.08 Å². The molecule has 2 aromatic rings. The van der Waals surface area contributed by atoms with Gasteiger partial charge in [-0.3, -0.25) is 0 Å². The van der Waals surface area contributed by atoms with Gasteiger partial charge in [0.1, 0.15) is 17.3 Å². The minimum Gasteiger partial charge on any atom is -0.493 e. The fourth-order valence-corrected chi connectivity index (χ4v) is 5.54. The maximum atomic E-state index is 10.9. The van der Waals surface area contributed by atoms with E-state index in [1.54, 1.807) is 6.08 Å². The highest BCUT2D eigenvalue weighted by Crippen LogP contribution is 2.50. The van der Waals surface area contributed by atoms with E-state index >= 15 is 0 Å². The molecule has 172 valence electrons.